The van der Waals surface area contributed by atoms with E-state index in [9.17, 15) is 43.2 Å². The summed E-state index contributed by atoms with van der Waals surface area (Å²) in [6, 6.07) is 0. The predicted octanol–water partition coefficient (Wildman–Crippen LogP) is 21.8. The van der Waals surface area contributed by atoms with Crippen molar-refractivity contribution in [3.8, 4) is 0 Å². The molecule has 0 aromatic rings. The Hall–Kier alpha value is -1.94. The molecule has 2 unspecified atom stereocenters. The lowest BCUT2D eigenvalue weighted by molar-refractivity contribution is -0.161. The molecule has 93 heavy (non-hydrogen) atoms. The number of carbonyl (C=O) groups excluding carboxylic acids is 4. The van der Waals surface area contributed by atoms with Crippen molar-refractivity contribution in [2.24, 2.45) is 0 Å². The van der Waals surface area contributed by atoms with E-state index >= 15 is 0 Å². The molecule has 0 aliphatic carbocycles. The lowest BCUT2D eigenvalue weighted by Crippen LogP contribution is -2.30. The summed E-state index contributed by atoms with van der Waals surface area (Å²) in [7, 11) is -9.90. The molecular weight excluding hydrogens is 1220 g/mol. The van der Waals surface area contributed by atoms with E-state index < -0.39 is 97.5 Å². The summed E-state index contributed by atoms with van der Waals surface area (Å²) in [6.45, 7) is 4.98. The maximum Gasteiger partial charge on any atom is 0.472 e. The van der Waals surface area contributed by atoms with Crippen molar-refractivity contribution in [2.75, 3.05) is 39.6 Å². The van der Waals surface area contributed by atoms with Crippen LogP contribution >= 0.6 is 15.6 Å². The molecule has 0 rings (SSSR count). The van der Waals surface area contributed by atoms with E-state index in [1.54, 1.807) is 0 Å². The van der Waals surface area contributed by atoms with Crippen LogP contribution in [-0.2, 0) is 65.4 Å². The van der Waals surface area contributed by atoms with E-state index in [0.29, 0.717) is 25.7 Å². The summed E-state index contributed by atoms with van der Waals surface area (Å²) in [4.78, 5) is 72.7. The fraction of sp³-hybridized carbons (Fsp3) is 0.946. The molecule has 0 aromatic carbocycles. The highest BCUT2D eigenvalue weighted by atomic mass is 31.2. The van der Waals surface area contributed by atoms with Gasteiger partial charge in [0.2, 0.25) is 0 Å². The van der Waals surface area contributed by atoms with Gasteiger partial charge in [0.05, 0.1) is 26.4 Å². The number of phosphoric ester groups is 2. The van der Waals surface area contributed by atoms with E-state index in [0.717, 1.165) is 89.9 Å². The molecule has 0 fully saturated rings. The van der Waals surface area contributed by atoms with Gasteiger partial charge < -0.3 is 33.8 Å². The second kappa shape index (κ2) is 68.6. The molecule has 0 aliphatic heterocycles. The maximum absolute atomic E-state index is 13.1. The molecule has 3 N–H and O–H groups in total. The van der Waals surface area contributed by atoms with Gasteiger partial charge in [-0.2, -0.15) is 0 Å². The second-order valence-electron chi connectivity index (χ2n) is 26.7. The quantitative estimate of drug-likeness (QED) is 0.0222. The minimum Gasteiger partial charge on any atom is -0.462 e. The van der Waals surface area contributed by atoms with Gasteiger partial charge in [-0.25, -0.2) is 9.13 Å². The molecule has 0 aliphatic rings. The Morgan fingerprint density at radius 1 is 0.258 bits per heavy atom. The highest BCUT2D eigenvalue weighted by molar-refractivity contribution is 7.47. The van der Waals surface area contributed by atoms with Crippen LogP contribution in [0.5, 0.6) is 0 Å². The van der Waals surface area contributed by atoms with E-state index in [1.807, 2.05) is 0 Å². The van der Waals surface area contributed by atoms with Crippen molar-refractivity contribution < 1.29 is 80.2 Å². The van der Waals surface area contributed by atoms with Crippen LogP contribution in [0.3, 0.4) is 0 Å². The van der Waals surface area contributed by atoms with Crippen LogP contribution in [0.2, 0.25) is 0 Å². The molecule has 0 saturated carbocycles. The fourth-order valence-corrected chi connectivity index (χ4v) is 13.0. The van der Waals surface area contributed by atoms with E-state index in [2.05, 4.69) is 27.7 Å². The third-order valence-electron chi connectivity index (χ3n) is 17.4. The molecule has 0 aromatic heterocycles. The molecule has 0 amide bonds. The van der Waals surface area contributed by atoms with Crippen LogP contribution in [0.15, 0.2) is 0 Å². The first-order valence-electron chi connectivity index (χ1n) is 38.8. The summed E-state index contributed by atoms with van der Waals surface area (Å²) in [5, 5.41) is 10.6. The first-order valence-corrected chi connectivity index (χ1v) is 41.8. The smallest absolute Gasteiger partial charge is 0.462 e. The number of aliphatic hydroxyl groups is 1. The van der Waals surface area contributed by atoms with Gasteiger partial charge in [-0.05, 0) is 25.7 Å². The van der Waals surface area contributed by atoms with Crippen molar-refractivity contribution in [1.29, 1.82) is 0 Å². The van der Waals surface area contributed by atoms with Gasteiger partial charge in [0.25, 0.3) is 0 Å². The Balaban J connectivity index is 5.24. The number of aliphatic hydroxyl groups excluding tert-OH is 1. The fourth-order valence-electron chi connectivity index (χ4n) is 11.4. The monoisotopic (exact) mass is 1370 g/mol. The van der Waals surface area contributed by atoms with Crippen LogP contribution in [0, 0.1) is 0 Å². The highest BCUT2D eigenvalue weighted by Crippen LogP contribution is 2.45. The molecule has 5 atom stereocenters. The highest BCUT2D eigenvalue weighted by Gasteiger charge is 2.30. The molecule has 0 bridgehead atoms. The van der Waals surface area contributed by atoms with Crippen molar-refractivity contribution in [3.63, 3.8) is 0 Å². The third-order valence-corrected chi connectivity index (χ3v) is 19.3. The average molecular weight is 1370 g/mol. The third kappa shape index (κ3) is 68.4. The molecule has 0 radical (unpaired) electrons. The van der Waals surface area contributed by atoms with Gasteiger partial charge in [-0.1, -0.05) is 342 Å². The standard InChI is InChI=1S/C74H144O17P2/c1-5-9-13-17-21-25-29-32-35-38-41-45-49-53-57-61-74(79)91-70(65-85-72(77)59-55-51-47-43-39-36-33-30-26-22-18-14-10-6-2)67-89-93(82,83)87-63-68(75)62-86-92(80,81)88-66-69(64-84-71(76)58-54-50-46-42-28-24-20-16-12-8-4)90-73(78)60-56-52-48-44-40-37-34-31-27-23-19-15-11-7-3/h68-70,75H,5-67H2,1-4H3,(H,80,81)(H,82,83)/t68-,69+,70+/m0/s1. The Kier molecular flexibility index (Phi) is 67.1. The summed E-state index contributed by atoms with van der Waals surface area (Å²) in [5.74, 6) is -2.11. The summed E-state index contributed by atoms with van der Waals surface area (Å²) in [5.41, 5.74) is 0. The van der Waals surface area contributed by atoms with E-state index in [-0.39, 0.29) is 25.7 Å². The summed E-state index contributed by atoms with van der Waals surface area (Å²) >= 11 is 0. The van der Waals surface area contributed by atoms with E-state index in [4.69, 9.17) is 37.0 Å². The van der Waals surface area contributed by atoms with E-state index in [1.165, 1.54) is 225 Å². The van der Waals surface area contributed by atoms with Gasteiger partial charge >= 0.3 is 39.5 Å². The lowest BCUT2D eigenvalue weighted by atomic mass is 10.0. The SMILES string of the molecule is CCCCCCCCCCCCCCCCCC(=O)O[C@H](COC(=O)CCCCCCCCCCCCCCCC)COP(=O)(O)OC[C@@H](O)COP(=O)(O)OC[C@@H](COC(=O)CCCCCCCCCCCC)OC(=O)CCCCCCCCCCCCCCCC. The second-order valence-corrected chi connectivity index (χ2v) is 29.6. The Bertz CT molecular complexity index is 1770. The number of ether oxygens (including phenoxy) is 4. The molecule has 0 spiro atoms. The van der Waals surface area contributed by atoms with Crippen molar-refractivity contribution in [3.05, 3.63) is 0 Å². The Morgan fingerprint density at radius 3 is 0.634 bits per heavy atom. The maximum atomic E-state index is 13.1. The molecule has 19 heteroatoms. The summed E-state index contributed by atoms with van der Waals surface area (Å²) in [6.07, 6.45) is 58.0. The number of hydrogen-bond donors (Lipinski definition) is 3. The van der Waals surface area contributed by atoms with Crippen LogP contribution < -0.4 is 0 Å². The molecule has 17 nitrogen and oxygen atoms in total. The Labute approximate surface area is 568 Å². The molecular formula is C74H144O17P2. The number of rotatable bonds is 75. The van der Waals surface area contributed by atoms with Gasteiger partial charge in [-0.3, -0.25) is 37.3 Å². The average Bonchev–Trinajstić information content (AvgIpc) is 3.76. The zero-order valence-corrected chi connectivity index (χ0v) is 62.0. The zero-order chi connectivity index (χ0) is 68.2. The van der Waals surface area contributed by atoms with Crippen LogP contribution in [0.1, 0.15) is 394 Å². The zero-order valence-electron chi connectivity index (χ0n) is 60.2. The van der Waals surface area contributed by atoms with Gasteiger partial charge in [0.1, 0.15) is 19.3 Å². The minimum atomic E-state index is -4.95. The van der Waals surface area contributed by atoms with Gasteiger partial charge in [0, 0.05) is 25.7 Å². The Morgan fingerprint density at radius 2 is 0.430 bits per heavy atom. The first-order chi connectivity index (χ1) is 45.2. The van der Waals surface area contributed by atoms with Crippen molar-refractivity contribution in [1.82, 2.24) is 0 Å². The molecule has 0 heterocycles. The predicted molar refractivity (Wildman–Crippen MR) is 377 cm³/mol. The van der Waals surface area contributed by atoms with Crippen LogP contribution in [0.4, 0.5) is 0 Å². The topological polar surface area (TPSA) is 237 Å². The summed E-state index contributed by atoms with van der Waals surface area (Å²) < 4.78 is 68.5. The van der Waals surface area contributed by atoms with Crippen molar-refractivity contribution in [2.45, 2.75) is 412 Å². The minimum absolute atomic E-state index is 0.109. The van der Waals surface area contributed by atoms with Crippen molar-refractivity contribution >= 4 is 39.5 Å². The van der Waals surface area contributed by atoms with Crippen LogP contribution in [0.25, 0.3) is 0 Å². The number of unbranched alkanes of at least 4 members (excludes halogenated alkanes) is 49. The normalized spacial score (nSPS) is 13.9. The molecule has 552 valence electrons. The van der Waals surface area contributed by atoms with Gasteiger partial charge in [-0.15, -0.1) is 0 Å². The van der Waals surface area contributed by atoms with Gasteiger partial charge in [0.15, 0.2) is 12.2 Å². The largest absolute Gasteiger partial charge is 0.472 e. The number of carbonyl (C=O) groups is 4. The lowest BCUT2D eigenvalue weighted by Gasteiger charge is -2.21. The first kappa shape index (κ1) is 91.1. The number of phosphoric acid groups is 2. The number of esters is 4. The number of hydrogen-bond acceptors (Lipinski definition) is 15. The van der Waals surface area contributed by atoms with Crippen LogP contribution in [-0.4, -0.2) is 96.7 Å². The molecule has 0 saturated heterocycles.